The average molecular weight is 258 g/mol. The molecule has 1 amide bonds. The summed E-state index contributed by atoms with van der Waals surface area (Å²) in [6.45, 7) is 4.28. The van der Waals surface area contributed by atoms with Crippen LogP contribution in [0.3, 0.4) is 0 Å². The van der Waals surface area contributed by atoms with Gasteiger partial charge in [0.25, 0.3) is 0 Å². The van der Waals surface area contributed by atoms with Crippen molar-refractivity contribution in [3.8, 4) is 0 Å². The van der Waals surface area contributed by atoms with Gasteiger partial charge in [0.15, 0.2) is 0 Å². The number of nitrogens with zero attached hydrogens (tertiary/aromatic N) is 3. The quantitative estimate of drug-likeness (QED) is 0.913. The second-order valence-corrected chi connectivity index (χ2v) is 4.89. The van der Waals surface area contributed by atoms with Crippen LogP contribution in [0, 0.1) is 0 Å². The summed E-state index contributed by atoms with van der Waals surface area (Å²) in [4.78, 5) is 11.9. The summed E-state index contributed by atoms with van der Waals surface area (Å²) in [6.07, 6.45) is 1.89. The third-order valence-electron chi connectivity index (χ3n) is 2.94. The lowest BCUT2D eigenvalue weighted by Crippen LogP contribution is -2.17. The first-order chi connectivity index (χ1) is 9.06. The number of hydrogen-bond acceptors (Lipinski definition) is 3. The van der Waals surface area contributed by atoms with Crippen molar-refractivity contribution in [2.45, 2.75) is 26.2 Å². The minimum atomic E-state index is -0.0861. The Balaban J connectivity index is 2.03. The van der Waals surface area contributed by atoms with Gasteiger partial charge in [-0.05, 0) is 17.0 Å². The Morgan fingerprint density at radius 2 is 2.21 bits per heavy atom. The SMILES string of the molecule is CC(C)c1cccc(CC(=O)Nc2nncn2C)c1. The van der Waals surface area contributed by atoms with Crippen LogP contribution in [0.25, 0.3) is 0 Å². The number of hydrogen-bond donors (Lipinski definition) is 1. The molecule has 1 heterocycles. The second-order valence-electron chi connectivity index (χ2n) is 4.89. The van der Waals surface area contributed by atoms with Crippen LogP contribution >= 0.6 is 0 Å². The Labute approximate surface area is 112 Å². The van der Waals surface area contributed by atoms with Crippen LogP contribution in [-0.4, -0.2) is 20.7 Å². The van der Waals surface area contributed by atoms with Crippen LogP contribution < -0.4 is 5.32 Å². The van der Waals surface area contributed by atoms with Crippen molar-refractivity contribution in [2.24, 2.45) is 7.05 Å². The molecule has 0 saturated heterocycles. The maximum absolute atomic E-state index is 11.9. The highest BCUT2D eigenvalue weighted by molar-refractivity contribution is 5.90. The number of amides is 1. The first kappa shape index (κ1) is 13.3. The molecule has 0 radical (unpaired) electrons. The van der Waals surface area contributed by atoms with Crippen molar-refractivity contribution in [3.63, 3.8) is 0 Å². The summed E-state index contributed by atoms with van der Waals surface area (Å²) < 4.78 is 1.67. The molecule has 0 saturated carbocycles. The average Bonchev–Trinajstić information content (AvgIpc) is 2.75. The van der Waals surface area contributed by atoms with Crippen LogP contribution in [0.1, 0.15) is 30.9 Å². The molecule has 0 atom stereocenters. The molecule has 100 valence electrons. The van der Waals surface area contributed by atoms with Crippen LogP contribution in [0.5, 0.6) is 0 Å². The van der Waals surface area contributed by atoms with E-state index < -0.39 is 0 Å². The molecule has 0 aliphatic carbocycles. The molecule has 2 aromatic rings. The van der Waals surface area contributed by atoms with Gasteiger partial charge in [-0.15, -0.1) is 10.2 Å². The van der Waals surface area contributed by atoms with E-state index in [9.17, 15) is 4.79 Å². The van der Waals surface area contributed by atoms with E-state index in [0.29, 0.717) is 18.3 Å². The number of rotatable bonds is 4. The zero-order valence-electron chi connectivity index (χ0n) is 11.4. The van der Waals surface area contributed by atoms with Crippen LogP contribution in [0.4, 0.5) is 5.95 Å². The largest absolute Gasteiger partial charge is 0.303 e. The lowest BCUT2D eigenvalue weighted by atomic mass is 10.00. The molecule has 1 aromatic carbocycles. The number of carbonyl (C=O) groups excluding carboxylic acids is 1. The fourth-order valence-corrected chi connectivity index (χ4v) is 1.81. The molecule has 5 heteroatoms. The molecule has 0 aliphatic heterocycles. The zero-order chi connectivity index (χ0) is 13.8. The van der Waals surface area contributed by atoms with Crippen molar-refractivity contribution in [1.82, 2.24) is 14.8 Å². The summed E-state index contributed by atoms with van der Waals surface area (Å²) in [6, 6.07) is 8.10. The van der Waals surface area contributed by atoms with E-state index in [4.69, 9.17) is 0 Å². The van der Waals surface area contributed by atoms with Crippen LogP contribution in [-0.2, 0) is 18.3 Å². The van der Waals surface area contributed by atoms with E-state index in [1.54, 1.807) is 17.9 Å². The Morgan fingerprint density at radius 1 is 1.42 bits per heavy atom. The Kier molecular flexibility index (Phi) is 3.94. The number of aromatic nitrogens is 3. The third kappa shape index (κ3) is 3.40. The van der Waals surface area contributed by atoms with Gasteiger partial charge in [-0.2, -0.15) is 0 Å². The maximum atomic E-state index is 11.9. The fraction of sp³-hybridized carbons (Fsp3) is 0.357. The molecular weight excluding hydrogens is 240 g/mol. The third-order valence-corrected chi connectivity index (χ3v) is 2.94. The highest BCUT2D eigenvalue weighted by Gasteiger charge is 2.08. The summed E-state index contributed by atoms with van der Waals surface area (Å²) in [5.74, 6) is 0.837. The number of nitrogens with one attached hydrogen (secondary N) is 1. The maximum Gasteiger partial charge on any atom is 0.231 e. The highest BCUT2D eigenvalue weighted by Crippen LogP contribution is 2.16. The van der Waals surface area contributed by atoms with E-state index in [1.165, 1.54) is 5.56 Å². The minimum Gasteiger partial charge on any atom is -0.303 e. The first-order valence-corrected chi connectivity index (χ1v) is 6.29. The van der Waals surface area contributed by atoms with Gasteiger partial charge < -0.3 is 4.57 Å². The number of carbonyl (C=O) groups is 1. The van der Waals surface area contributed by atoms with E-state index >= 15 is 0 Å². The van der Waals surface area contributed by atoms with Crippen molar-refractivity contribution < 1.29 is 4.79 Å². The van der Waals surface area contributed by atoms with Crippen LogP contribution in [0.2, 0.25) is 0 Å². The number of benzene rings is 1. The van der Waals surface area contributed by atoms with Gasteiger partial charge in [-0.1, -0.05) is 38.1 Å². The van der Waals surface area contributed by atoms with E-state index in [1.807, 2.05) is 12.1 Å². The fourth-order valence-electron chi connectivity index (χ4n) is 1.81. The molecule has 5 nitrogen and oxygen atoms in total. The Bertz CT molecular complexity index is 574. The summed E-state index contributed by atoms with van der Waals surface area (Å²) in [5, 5.41) is 10.3. The van der Waals surface area contributed by atoms with Gasteiger partial charge in [0.2, 0.25) is 11.9 Å². The summed E-state index contributed by atoms with van der Waals surface area (Å²) >= 11 is 0. The van der Waals surface area contributed by atoms with E-state index in [0.717, 1.165) is 5.56 Å². The predicted octanol–water partition coefficient (Wildman–Crippen LogP) is 2.12. The molecule has 0 fully saturated rings. The topological polar surface area (TPSA) is 59.8 Å². The van der Waals surface area contributed by atoms with Crippen molar-refractivity contribution in [1.29, 1.82) is 0 Å². The summed E-state index contributed by atoms with van der Waals surface area (Å²) in [5.41, 5.74) is 2.25. The van der Waals surface area contributed by atoms with Crippen molar-refractivity contribution >= 4 is 11.9 Å². The van der Waals surface area contributed by atoms with Crippen molar-refractivity contribution in [3.05, 3.63) is 41.7 Å². The predicted molar refractivity (Wildman–Crippen MR) is 73.9 cm³/mol. The van der Waals surface area contributed by atoms with Gasteiger partial charge >= 0.3 is 0 Å². The van der Waals surface area contributed by atoms with E-state index in [2.05, 4.69) is 41.5 Å². The van der Waals surface area contributed by atoms with Crippen molar-refractivity contribution in [2.75, 3.05) is 5.32 Å². The molecule has 1 aromatic heterocycles. The van der Waals surface area contributed by atoms with Gasteiger partial charge in [-0.3, -0.25) is 10.1 Å². The number of anilines is 1. The molecule has 1 N–H and O–H groups in total. The Morgan fingerprint density at radius 3 is 2.84 bits per heavy atom. The lowest BCUT2D eigenvalue weighted by Gasteiger charge is -2.08. The molecule has 0 bridgehead atoms. The van der Waals surface area contributed by atoms with Gasteiger partial charge in [0, 0.05) is 7.05 Å². The summed E-state index contributed by atoms with van der Waals surface area (Å²) in [7, 11) is 1.79. The van der Waals surface area contributed by atoms with Gasteiger partial charge in [0.05, 0.1) is 6.42 Å². The monoisotopic (exact) mass is 258 g/mol. The normalized spacial score (nSPS) is 10.7. The van der Waals surface area contributed by atoms with Gasteiger partial charge in [-0.25, -0.2) is 0 Å². The molecular formula is C14H18N4O. The van der Waals surface area contributed by atoms with E-state index in [-0.39, 0.29) is 5.91 Å². The molecule has 0 aliphatic rings. The number of aryl methyl sites for hydroxylation is 1. The molecule has 0 spiro atoms. The Hall–Kier alpha value is -2.17. The van der Waals surface area contributed by atoms with Crippen LogP contribution in [0.15, 0.2) is 30.6 Å². The molecule has 19 heavy (non-hydrogen) atoms. The zero-order valence-corrected chi connectivity index (χ0v) is 11.4. The second kappa shape index (κ2) is 5.65. The smallest absolute Gasteiger partial charge is 0.231 e. The standard InChI is InChI=1S/C14H18N4O/c1-10(2)12-6-4-5-11(7-12)8-13(19)16-14-17-15-9-18(14)3/h4-7,9-10H,8H2,1-3H3,(H,16,17,19). The van der Waals surface area contributed by atoms with Gasteiger partial charge in [0.1, 0.15) is 6.33 Å². The molecule has 2 rings (SSSR count). The molecule has 0 unspecified atom stereocenters. The highest BCUT2D eigenvalue weighted by atomic mass is 16.1. The minimum absolute atomic E-state index is 0.0861. The first-order valence-electron chi connectivity index (χ1n) is 6.29. The lowest BCUT2D eigenvalue weighted by molar-refractivity contribution is -0.115.